The van der Waals surface area contributed by atoms with E-state index in [1.54, 1.807) is 18.2 Å². The summed E-state index contributed by atoms with van der Waals surface area (Å²) in [7, 11) is 0. The standard InChI is InChI=1S/C16H18N2O2S/c1-12-7-8-16(21-12)15-6-3-9-17(15)11-13-4-2-5-14(10-13)18(19)20/h2,4-5,7-8,10,15H,3,6,9,11H2,1H3. The third-order valence-electron chi connectivity index (χ3n) is 3.96. The average Bonchev–Trinajstić information content (AvgIpc) is 3.08. The molecule has 0 N–H and O–H groups in total. The van der Waals surface area contributed by atoms with E-state index in [9.17, 15) is 10.1 Å². The van der Waals surface area contributed by atoms with Crippen LogP contribution in [0.4, 0.5) is 5.69 Å². The van der Waals surface area contributed by atoms with E-state index in [0.29, 0.717) is 6.04 Å². The van der Waals surface area contributed by atoms with E-state index in [-0.39, 0.29) is 10.6 Å². The molecule has 0 aliphatic carbocycles. The van der Waals surface area contributed by atoms with E-state index in [1.807, 2.05) is 17.4 Å². The van der Waals surface area contributed by atoms with Gasteiger partial charge >= 0.3 is 0 Å². The molecule has 0 spiro atoms. The first-order valence-corrected chi connectivity index (χ1v) is 7.99. The number of hydrogen-bond acceptors (Lipinski definition) is 4. The maximum atomic E-state index is 10.9. The summed E-state index contributed by atoms with van der Waals surface area (Å²) < 4.78 is 0. The molecule has 2 aromatic rings. The second kappa shape index (κ2) is 5.95. The molecular formula is C16H18N2O2S. The highest BCUT2D eigenvalue weighted by Gasteiger charge is 2.27. The number of hydrogen-bond donors (Lipinski definition) is 0. The Morgan fingerprint density at radius 2 is 2.24 bits per heavy atom. The monoisotopic (exact) mass is 302 g/mol. The number of rotatable bonds is 4. The zero-order chi connectivity index (χ0) is 14.8. The lowest BCUT2D eigenvalue weighted by Gasteiger charge is -2.23. The molecule has 4 nitrogen and oxygen atoms in total. The molecule has 1 unspecified atom stereocenters. The molecule has 110 valence electrons. The predicted molar refractivity (Wildman–Crippen MR) is 84.5 cm³/mol. The molecule has 0 bridgehead atoms. The second-order valence-electron chi connectivity index (χ2n) is 5.50. The first-order valence-electron chi connectivity index (χ1n) is 7.17. The van der Waals surface area contributed by atoms with Crippen LogP contribution in [0.2, 0.25) is 0 Å². The maximum Gasteiger partial charge on any atom is 0.269 e. The zero-order valence-corrected chi connectivity index (χ0v) is 12.8. The van der Waals surface area contributed by atoms with Gasteiger partial charge in [0.2, 0.25) is 0 Å². The topological polar surface area (TPSA) is 46.4 Å². The minimum Gasteiger partial charge on any atom is -0.291 e. The van der Waals surface area contributed by atoms with Crippen molar-refractivity contribution < 1.29 is 4.92 Å². The van der Waals surface area contributed by atoms with Gasteiger partial charge in [-0.1, -0.05) is 12.1 Å². The Labute approximate surface area is 128 Å². The van der Waals surface area contributed by atoms with Crippen molar-refractivity contribution in [2.45, 2.75) is 32.4 Å². The minimum absolute atomic E-state index is 0.176. The van der Waals surface area contributed by atoms with Gasteiger partial charge in [-0.3, -0.25) is 15.0 Å². The van der Waals surface area contributed by atoms with Gasteiger partial charge in [0.05, 0.1) is 4.92 Å². The summed E-state index contributed by atoms with van der Waals surface area (Å²) in [6.07, 6.45) is 2.37. The molecule has 1 aliphatic heterocycles. The normalized spacial score (nSPS) is 19.0. The number of likely N-dealkylation sites (tertiary alicyclic amines) is 1. The van der Waals surface area contributed by atoms with Crippen LogP contribution in [0, 0.1) is 17.0 Å². The minimum atomic E-state index is -0.326. The smallest absolute Gasteiger partial charge is 0.269 e. The molecule has 0 amide bonds. The van der Waals surface area contributed by atoms with Crippen LogP contribution >= 0.6 is 11.3 Å². The third-order valence-corrected chi connectivity index (χ3v) is 5.06. The quantitative estimate of drug-likeness (QED) is 0.625. The molecule has 3 rings (SSSR count). The number of nitro groups is 1. The molecule has 21 heavy (non-hydrogen) atoms. The van der Waals surface area contributed by atoms with Crippen molar-refractivity contribution in [2.24, 2.45) is 0 Å². The van der Waals surface area contributed by atoms with Gasteiger partial charge in [-0.2, -0.15) is 0 Å². The maximum absolute atomic E-state index is 10.9. The molecule has 2 heterocycles. The van der Waals surface area contributed by atoms with Crippen molar-refractivity contribution >= 4 is 17.0 Å². The summed E-state index contributed by atoms with van der Waals surface area (Å²) in [5, 5.41) is 10.9. The van der Waals surface area contributed by atoms with Crippen LogP contribution in [0.1, 0.15) is 34.2 Å². The summed E-state index contributed by atoms with van der Waals surface area (Å²) in [5.74, 6) is 0. The van der Waals surface area contributed by atoms with Crippen LogP contribution in [0.5, 0.6) is 0 Å². The van der Waals surface area contributed by atoms with Crippen molar-refractivity contribution in [1.82, 2.24) is 4.90 Å². The summed E-state index contributed by atoms with van der Waals surface area (Å²) in [4.78, 5) is 15.7. The first kappa shape index (κ1) is 14.2. The summed E-state index contributed by atoms with van der Waals surface area (Å²) in [5.41, 5.74) is 1.19. The Morgan fingerprint density at radius 1 is 1.38 bits per heavy atom. The SMILES string of the molecule is Cc1ccc(C2CCCN2Cc2cccc([N+](=O)[O-])c2)s1. The van der Waals surface area contributed by atoms with Crippen molar-refractivity contribution in [3.63, 3.8) is 0 Å². The van der Waals surface area contributed by atoms with Gasteiger partial charge < -0.3 is 0 Å². The molecule has 1 saturated heterocycles. The Morgan fingerprint density at radius 3 is 2.95 bits per heavy atom. The average molecular weight is 302 g/mol. The number of benzene rings is 1. The summed E-state index contributed by atoms with van der Waals surface area (Å²) >= 11 is 1.86. The predicted octanol–water partition coefficient (Wildman–Crippen LogP) is 4.30. The molecule has 5 heteroatoms. The van der Waals surface area contributed by atoms with Crippen LogP contribution in [-0.2, 0) is 6.54 Å². The summed E-state index contributed by atoms with van der Waals surface area (Å²) in [6.45, 7) is 3.97. The van der Waals surface area contributed by atoms with Gasteiger partial charge in [0, 0.05) is 34.5 Å². The van der Waals surface area contributed by atoms with Gasteiger partial charge in [-0.25, -0.2) is 0 Å². The van der Waals surface area contributed by atoms with Crippen LogP contribution in [0.3, 0.4) is 0 Å². The second-order valence-corrected chi connectivity index (χ2v) is 6.82. The van der Waals surface area contributed by atoms with E-state index < -0.39 is 0 Å². The molecule has 1 fully saturated rings. The Balaban J connectivity index is 1.77. The molecule has 1 atom stereocenters. The number of thiophene rings is 1. The molecule has 1 aromatic carbocycles. The fraction of sp³-hybridized carbons (Fsp3) is 0.375. The van der Waals surface area contributed by atoms with E-state index in [0.717, 1.165) is 18.7 Å². The van der Waals surface area contributed by atoms with Gasteiger partial charge in [-0.15, -0.1) is 11.3 Å². The van der Waals surface area contributed by atoms with Crippen molar-refractivity contribution in [3.05, 3.63) is 61.8 Å². The molecule has 1 aromatic heterocycles. The van der Waals surface area contributed by atoms with Crippen LogP contribution < -0.4 is 0 Å². The Hall–Kier alpha value is -1.72. The lowest BCUT2D eigenvalue weighted by Crippen LogP contribution is -2.22. The lowest BCUT2D eigenvalue weighted by atomic mass is 10.1. The van der Waals surface area contributed by atoms with Gasteiger partial charge in [0.15, 0.2) is 0 Å². The molecular weight excluding hydrogens is 284 g/mol. The lowest BCUT2D eigenvalue weighted by molar-refractivity contribution is -0.384. The Kier molecular flexibility index (Phi) is 4.03. The molecule has 0 radical (unpaired) electrons. The van der Waals surface area contributed by atoms with Crippen molar-refractivity contribution in [2.75, 3.05) is 6.54 Å². The third kappa shape index (κ3) is 3.14. The van der Waals surface area contributed by atoms with Gasteiger partial charge in [-0.05, 0) is 44.0 Å². The van der Waals surface area contributed by atoms with E-state index in [2.05, 4.69) is 24.0 Å². The number of nitrogens with zero attached hydrogens (tertiary/aromatic N) is 2. The van der Waals surface area contributed by atoms with E-state index >= 15 is 0 Å². The fourth-order valence-electron chi connectivity index (χ4n) is 2.97. The number of non-ortho nitro benzene ring substituents is 1. The highest BCUT2D eigenvalue weighted by Crippen LogP contribution is 2.36. The van der Waals surface area contributed by atoms with Crippen molar-refractivity contribution in [1.29, 1.82) is 0 Å². The fourth-order valence-corrected chi connectivity index (χ4v) is 4.02. The highest BCUT2D eigenvalue weighted by molar-refractivity contribution is 7.12. The van der Waals surface area contributed by atoms with Crippen LogP contribution in [0.25, 0.3) is 0 Å². The Bertz CT molecular complexity index is 653. The van der Waals surface area contributed by atoms with Gasteiger partial charge in [0.25, 0.3) is 5.69 Å². The molecule has 1 aliphatic rings. The van der Waals surface area contributed by atoms with Crippen LogP contribution in [-0.4, -0.2) is 16.4 Å². The van der Waals surface area contributed by atoms with Gasteiger partial charge in [0.1, 0.15) is 0 Å². The zero-order valence-electron chi connectivity index (χ0n) is 12.0. The van der Waals surface area contributed by atoms with Crippen molar-refractivity contribution in [3.8, 4) is 0 Å². The largest absolute Gasteiger partial charge is 0.291 e. The van der Waals surface area contributed by atoms with E-state index in [1.165, 1.54) is 22.6 Å². The summed E-state index contributed by atoms with van der Waals surface area (Å²) in [6, 6.07) is 11.8. The number of nitro benzene ring substituents is 1. The van der Waals surface area contributed by atoms with Crippen LogP contribution in [0.15, 0.2) is 36.4 Å². The highest BCUT2D eigenvalue weighted by atomic mass is 32.1. The first-order chi connectivity index (χ1) is 10.1. The van der Waals surface area contributed by atoms with E-state index in [4.69, 9.17) is 0 Å². The number of aryl methyl sites for hydroxylation is 1. The molecule has 0 saturated carbocycles.